The third kappa shape index (κ3) is 2.70. The van der Waals surface area contributed by atoms with Gasteiger partial charge in [-0.25, -0.2) is 4.98 Å². The lowest BCUT2D eigenvalue weighted by molar-refractivity contribution is 0.353. The van der Waals surface area contributed by atoms with Gasteiger partial charge in [0.2, 0.25) is 11.7 Å². The van der Waals surface area contributed by atoms with Gasteiger partial charge in [0, 0.05) is 11.6 Å². The van der Waals surface area contributed by atoms with Gasteiger partial charge in [0.15, 0.2) is 0 Å². The second kappa shape index (κ2) is 5.08. The molecule has 2 rings (SSSR count). The number of hydrogen-bond acceptors (Lipinski definition) is 4. The summed E-state index contributed by atoms with van der Waals surface area (Å²) in [7, 11) is 0. The lowest BCUT2D eigenvalue weighted by atomic mass is 10.1. The fraction of sp³-hybridized carbons (Fsp3) is 0.462. The molecule has 90 valence electrons. The zero-order valence-corrected chi connectivity index (χ0v) is 10.5. The van der Waals surface area contributed by atoms with Crippen LogP contribution in [0.1, 0.15) is 44.2 Å². The molecule has 1 unspecified atom stereocenters. The molecular formula is C13H17N3O. The number of nitrogens with zero attached hydrogens (tertiary/aromatic N) is 3. The summed E-state index contributed by atoms with van der Waals surface area (Å²) in [4.78, 5) is 8.78. The molecule has 0 bridgehead atoms. The van der Waals surface area contributed by atoms with Crippen molar-refractivity contribution in [1.82, 2.24) is 15.1 Å². The SMILES string of the molecule is CCCC(C)c1nc(-c2cccc(C)n2)no1. The average molecular weight is 231 g/mol. The average Bonchev–Trinajstić information content (AvgIpc) is 2.78. The van der Waals surface area contributed by atoms with E-state index in [2.05, 4.69) is 29.0 Å². The predicted octanol–water partition coefficient (Wildman–Crippen LogP) is 3.34. The lowest BCUT2D eigenvalue weighted by Gasteiger charge is -2.01. The number of pyridine rings is 1. The van der Waals surface area contributed by atoms with Crippen LogP contribution in [0.5, 0.6) is 0 Å². The number of rotatable bonds is 4. The molecule has 17 heavy (non-hydrogen) atoms. The molecule has 0 aliphatic rings. The number of aryl methyl sites for hydroxylation is 1. The summed E-state index contributed by atoms with van der Waals surface area (Å²) in [5, 5.41) is 3.98. The van der Waals surface area contributed by atoms with E-state index in [1.54, 1.807) is 0 Å². The minimum atomic E-state index is 0.311. The highest BCUT2D eigenvalue weighted by atomic mass is 16.5. The van der Waals surface area contributed by atoms with Gasteiger partial charge >= 0.3 is 0 Å². The molecule has 4 heteroatoms. The Labute approximate surface area is 101 Å². The topological polar surface area (TPSA) is 51.8 Å². The van der Waals surface area contributed by atoms with Crippen molar-refractivity contribution in [2.75, 3.05) is 0 Å². The van der Waals surface area contributed by atoms with Crippen LogP contribution in [0.25, 0.3) is 11.5 Å². The fourth-order valence-corrected chi connectivity index (χ4v) is 1.76. The molecule has 1 atom stereocenters. The maximum absolute atomic E-state index is 5.27. The van der Waals surface area contributed by atoms with Crippen molar-refractivity contribution in [3.8, 4) is 11.5 Å². The first-order chi connectivity index (χ1) is 8.20. The second-order valence-corrected chi connectivity index (χ2v) is 4.31. The molecule has 4 nitrogen and oxygen atoms in total. The zero-order valence-electron chi connectivity index (χ0n) is 10.5. The summed E-state index contributed by atoms with van der Waals surface area (Å²) in [5.41, 5.74) is 1.72. The smallest absolute Gasteiger partial charge is 0.229 e. The van der Waals surface area contributed by atoms with Crippen molar-refractivity contribution in [2.45, 2.75) is 39.5 Å². The Balaban J connectivity index is 2.23. The van der Waals surface area contributed by atoms with Crippen molar-refractivity contribution < 1.29 is 4.52 Å². The maximum atomic E-state index is 5.27. The van der Waals surface area contributed by atoms with E-state index < -0.39 is 0 Å². The van der Waals surface area contributed by atoms with Crippen LogP contribution in [0.15, 0.2) is 22.7 Å². The van der Waals surface area contributed by atoms with Crippen LogP contribution in [0, 0.1) is 6.92 Å². The summed E-state index contributed by atoms with van der Waals surface area (Å²) in [6.07, 6.45) is 2.17. The first kappa shape index (κ1) is 11.8. The van der Waals surface area contributed by atoms with Crippen LogP contribution >= 0.6 is 0 Å². The Bertz CT molecular complexity index is 493. The molecule has 0 amide bonds. The highest BCUT2D eigenvalue weighted by Crippen LogP contribution is 2.21. The van der Waals surface area contributed by atoms with Crippen LogP contribution in [0.4, 0.5) is 0 Å². The predicted molar refractivity (Wildman–Crippen MR) is 65.6 cm³/mol. The van der Waals surface area contributed by atoms with E-state index in [0.717, 1.165) is 24.2 Å². The van der Waals surface area contributed by atoms with E-state index in [0.29, 0.717) is 17.6 Å². The third-order valence-corrected chi connectivity index (χ3v) is 2.70. The molecule has 0 N–H and O–H groups in total. The van der Waals surface area contributed by atoms with E-state index in [1.807, 2.05) is 25.1 Å². The molecule has 0 aromatic carbocycles. The normalized spacial score (nSPS) is 12.6. The molecule has 0 spiro atoms. The number of hydrogen-bond donors (Lipinski definition) is 0. The number of aromatic nitrogens is 3. The van der Waals surface area contributed by atoms with E-state index in [-0.39, 0.29) is 0 Å². The van der Waals surface area contributed by atoms with Crippen molar-refractivity contribution in [3.05, 3.63) is 29.8 Å². The van der Waals surface area contributed by atoms with Crippen LogP contribution in [-0.2, 0) is 0 Å². The highest BCUT2D eigenvalue weighted by molar-refractivity contribution is 5.48. The fourth-order valence-electron chi connectivity index (χ4n) is 1.76. The van der Waals surface area contributed by atoms with Crippen LogP contribution in [-0.4, -0.2) is 15.1 Å². The van der Waals surface area contributed by atoms with Gasteiger partial charge < -0.3 is 4.52 Å². The van der Waals surface area contributed by atoms with Crippen molar-refractivity contribution in [1.29, 1.82) is 0 Å². The summed E-state index contributed by atoms with van der Waals surface area (Å²) in [6.45, 7) is 6.20. The Morgan fingerprint density at radius 2 is 2.12 bits per heavy atom. The molecule has 2 aromatic heterocycles. The van der Waals surface area contributed by atoms with Crippen molar-refractivity contribution >= 4 is 0 Å². The van der Waals surface area contributed by atoms with Gasteiger partial charge in [0.05, 0.1) is 0 Å². The Morgan fingerprint density at radius 1 is 1.29 bits per heavy atom. The minimum Gasteiger partial charge on any atom is -0.339 e. The quantitative estimate of drug-likeness (QED) is 0.809. The zero-order chi connectivity index (χ0) is 12.3. The van der Waals surface area contributed by atoms with Gasteiger partial charge in [-0.1, -0.05) is 31.5 Å². The van der Waals surface area contributed by atoms with E-state index in [1.165, 1.54) is 0 Å². The first-order valence-corrected chi connectivity index (χ1v) is 5.98. The van der Waals surface area contributed by atoms with E-state index in [4.69, 9.17) is 4.52 Å². The first-order valence-electron chi connectivity index (χ1n) is 5.98. The summed E-state index contributed by atoms with van der Waals surface area (Å²) in [5.74, 6) is 1.59. The monoisotopic (exact) mass is 231 g/mol. The van der Waals surface area contributed by atoms with Gasteiger partial charge in [-0.3, -0.25) is 0 Å². The molecule has 0 saturated heterocycles. The van der Waals surface area contributed by atoms with Crippen LogP contribution in [0.3, 0.4) is 0 Å². The standard InChI is InChI=1S/C13H17N3O/c1-4-6-9(2)13-15-12(16-17-13)11-8-5-7-10(3)14-11/h5,7-9H,4,6H2,1-3H3. The second-order valence-electron chi connectivity index (χ2n) is 4.31. The van der Waals surface area contributed by atoms with Crippen molar-refractivity contribution in [2.24, 2.45) is 0 Å². The molecule has 0 fully saturated rings. The molecule has 2 heterocycles. The highest BCUT2D eigenvalue weighted by Gasteiger charge is 2.14. The van der Waals surface area contributed by atoms with Gasteiger partial charge in [-0.15, -0.1) is 0 Å². The molecule has 0 aliphatic carbocycles. The lowest BCUT2D eigenvalue weighted by Crippen LogP contribution is -1.93. The van der Waals surface area contributed by atoms with E-state index in [9.17, 15) is 0 Å². The van der Waals surface area contributed by atoms with Crippen LogP contribution in [0.2, 0.25) is 0 Å². The maximum Gasteiger partial charge on any atom is 0.229 e. The summed E-state index contributed by atoms with van der Waals surface area (Å²) in [6, 6.07) is 5.79. The largest absolute Gasteiger partial charge is 0.339 e. The van der Waals surface area contributed by atoms with Gasteiger partial charge in [-0.2, -0.15) is 4.98 Å². The van der Waals surface area contributed by atoms with Gasteiger partial charge in [-0.05, 0) is 25.5 Å². The molecule has 2 aromatic rings. The third-order valence-electron chi connectivity index (χ3n) is 2.70. The Kier molecular flexibility index (Phi) is 3.52. The van der Waals surface area contributed by atoms with E-state index >= 15 is 0 Å². The Morgan fingerprint density at radius 3 is 2.82 bits per heavy atom. The van der Waals surface area contributed by atoms with Crippen molar-refractivity contribution in [3.63, 3.8) is 0 Å². The summed E-state index contributed by atoms with van der Waals surface area (Å²) >= 11 is 0. The summed E-state index contributed by atoms with van der Waals surface area (Å²) < 4.78 is 5.27. The van der Waals surface area contributed by atoms with Gasteiger partial charge in [0.1, 0.15) is 5.69 Å². The molecular weight excluding hydrogens is 214 g/mol. The molecule has 0 aliphatic heterocycles. The minimum absolute atomic E-state index is 0.311. The van der Waals surface area contributed by atoms with Crippen LogP contribution < -0.4 is 0 Å². The van der Waals surface area contributed by atoms with Gasteiger partial charge in [0.25, 0.3) is 0 Å². The molecule has 0 radical (unpaired) electrons. The Hall–Kier alpha value is -1.71. The molecule has 0 saturated carbocycles.